The van der Waals surface area contributed by atoms with Gasteiger partial charge in [0, 0.05) is 12.2 Å². The van der Waals surface area contributed by atoms with Crippen LogP contribution in [-0.4, -0.2) is 5.91 Å². The Morgan fingerprint density at radius 1 is 1.10 bits per heavy atom. The summed E-state index contributed by atoms with van der Waals surface area (Å²) in [6.07, 6.45) is 0. The van der Waals surface area contributed by atoms with Crippen molar-refractivity contribution >= 4 is 23.2 Å². The molecule has 0 unspecified atom stereocenters. The number of nitrogens with two attached hydrogens (primary N) is 1. The second-order valence-corrected chi connectivity index (χ2v) is 5.68. The molecule has 2 rings (SSSR count). The summed E-state index contributed by atoms with van der Waals surface area (Å²) in [4.78, 5) is 11.3. The molecule has 3 nitrogen and oxygen atoms in total. The van der Waals surface area contributed by atoms with Gasteiger partial charge < -0.3 is 11.1 Å². The van der Waals surface area contributed by atoms with Crippen LogP contribution in [0.25, 0.3) is 0 Å². The molecule has 0 spiro atoms. The Morgan fingerprint density at radius 3 is 2.43 bits per heavy atom. The molecule has 0 aromatic heterocycles. The lowest BCUT2D eigenvalue weighted by molar-refractivity contribution is 0.100. The highest BCUT2D eigenvalue weighted by atomic mass is 35.5. The van der Waals surface area contributed by atoms with Crippen LogP contribution in [0.4, 0.5) is 5.69 Å². The Labute approximate surface area is 130 Å². The Hall–Kier alpha value is -2.00. The van der Waals surface area contributed by atoms with E-state index in [-0.39, 0.29) is 0 Å². The third-order valence-electron chi connectivity index (χ3n) is 3.67. The van der Waals surface area contributed by atoms with E-state index >= 15 is 0 Å². The van der Waals surface area contributed by atoms with Crippen LogP contribution >= 0.6 is 11.6 Å². The lowest BCUT2D eigenvalue weighted by Gasteiger charge is -2.12. The van der Waals surface area contributed by atoms with Crippen LogP contribution in [0.2, 0.25) is 5.02 Å². The predicted octanol–water partition coefficient (Wildman–Crippen LogP) is 3.98. The molecule has 0 atom stereocenters. The number of hydrogen-bond acceptors (Lipinski definition) is 2. The van der Waals surface area contributed by atoms with E-state index in [2.05, 4.69) is 38.2 Å². The monoisotopic (exact) mass is 302 g/mol. The van der Waals surface area contributed by atoms with Crippen LogP contribution in [0.3, 0.4) is 0 Å². The maximum Gasteiger partial charge on any atom is 0.250 e. The standard InChI is InChI=1S/C17H19ClN2O/c1-10-6-12(3)13(7-11(10)2)9-20-14-4-5-16(18)15(8-14)17(19)21/h4-8,20H,9H2,1-3H3,(H2,19,21). The largest absolute Gasteiger partial charge is 0.381 e. The van der Waals surface area contributed by atoms with Gasteiger partial charge in [-0.25, -0.2) is 0 Å². The molecule has 0 aliphatic rings. The van der Waals surface area contributed by atoms with Crippen molar-refractivity contribution in [3.63, 3.8) is 0 Å². The average molecular weight is 303 g/mol. The molecule has 0 radical (unpaired) electrons. The molecular formula is C17H19ClN2O. The Bertz CT molecular complexity index is 695. The fourth-order valence-electron chi connectivity index (χ4n) is 2.23. The van der Waals surface area contributed by atoms with Gasteiger partial charge in [-0.1, -0.05) is 23.7 Å². The highest BCUT2D eigenvalue weighted by Gasteiger charge is 2.08. The Morgan fingerprint density at radius 2 is 1.76 bits per heavy atom. The molecule has 0 aliphatic carbocycles. The third-order valence-corrected chi connectivity index (χ3v) is 4.00. The summed E-state index contributed by atoms with van der Waals surface area (Å²) in [5.74, 6) is -0.522. The molecule has 1 amide bonds. The van der Waals surface area contributed by atoms with E-state index in [0.717, 1.165) is 5.69 Å². The number of hydrogen-bond donors (Lipinski definition) is 2. The van der Waals surface area contributed by atoms with E-state index in [4.69, 9.17) is 17.3 Å². The van der Waals surface area contributed by atoms with Crippen molar-refractivity contribution in [2.75, 3.05) is 5.32 Å². The molecule has 3 N–H and O–H groups in total. The third kappa shape index (κ3) is 3.56. The molecule has 0 heterocycles. The van der Waals surface area contributed by atoms with Crippen molar-refractivity contribution in [3.05, 3.63) is 63.2 Å². The van der Waals surface area contributed by atoms with Gasteiger partial charge in [0.25, 0.3) is 0 Å². The minimum atomic E-state index is -0.522. The number of primary amides is 1. The summed E-state index contributed by atoms with van der Waals surface area (Å²) in [5, 5.41) is 3.68. The zero-order valence-corrected chi connectivity index (χ0v) is 13.2. The van der Waals surface area contributed by atoms with E-state index in [1.165, 1.54) is 22.3 Å². The number of rotatable bonds is 4. The molecular weight excluding hydrogens is 284 g/mol. The molecule has 0 saturated heterocycles. The van der Waals surface area contributed by atoms with Crippen molar-refractivity contribution in [3.8, 4) is 0 Å². The zero-order chi connectivity index (χ0) is 15.6. The number of amides is 1. The lowest BCUT2D eigenvalue weighted by atomic mass is 10.0. The number of benzene rings is 2. The summed E-state index contributed by atoms with van der Waals surface area (Å²) in [6, 6.07) is 9.56. The molecule has 0 bridgehead atoms. The van der Waals surface area contributed by atoms with Gasteiger partial charge in [0.15, 0.2) is 0 Å². The van der Waals surface area contributed by atoms with Crippen LogP contribution < -0.4 is 11.1 Å². The van der Waals surface area contributed by atoms with Crippen LogP contribution in [0.15, 0.2) is 30.3 Å². The topological polar surface area (TPSA) is 55.1 Å². The lowest BCUT2D eigenvalue weighted by Crippen LogP contribution is -2.12. The van der Waals surface area contributed by atoms with Gasteiger partial charge in [-0.15, -0.1) is 0 Å². The second kappa shape index (κ2) is 6.19. The van der Waals surface area contributed by atoms with Crippen molar-refractivity contribution in [2.45, 2.75) is 27.3 Å². The number of halogens is 1. The van der Waals surface area contributed by atoms with Gasteiger partial charge in [-0.3, -0.25) is 4.79 Å². The zero-order valence-electron chi connectivity index (χ0n) is 12.5. The first kappa shape index (κ1) is 15.4. The minimum absolute atomic E-state index is 0.332. The van der Waals surface area contributed by atoms with Crippen molar-refractivity contribution in [2.24, 2.45) is 5.73 Å². The molecule has 110 valence electrons. The van der Waals surface area contributed by atoms with Crippen molar-refractivity contribution in [1.82, 2.24) is 0 Å². The molecule has 4 heteroatoms. The normalized spacial score (nSPS) is 10.5. The highest BCUT2D eigenvalue weighted by Crippen LogP contribution is 2.22. The van der Waals surface area contributed by atoms with Gasteiger partial charge >= 0.3 is 0 Å². The number of carbonyl (C=O) groups is 1. The van der Waals surface area contributed by atoms with Crippen LogP contribution in [0.1, 0.15) is 32.6 Å². The minimum Gasteiger partial charge on any atom is -0.381 e. The van der Waals surface area contributed by atoms with E-state index in [1.54, 1.807) is 12.1 Å². The summed E-state index contributed by atoms with van der Waals surface area (Å²) in [7, 11) is 0. The molecule has 0 saturated carbocycles. The summed E-state index contributed by atoms with van der Waals surface area (Å²) < 4.78 is 0. The van der Waals surface area contributed by atoms with Crippen LogP contribution in [0, 0.1) is 20.8 Å². The summed E-state index contributed by atoms with van der Waals surface area (Å²) >= 11 is 5.94. The fraction of sp³-hybridized carbons (Fsp3) is 0.235. The van der Waals surface area contributed by atoms with E-state index < -0.39 is 5.91 Å². The van der Waals surface area contributed by atoms with E-state index in [0.29, 0.717) is 17.1 Å². The van der Waals surface area contributed by atoms with Gasteiger partial charge in [-0.2, -0.15) is 0 Å². The smallest absolute Gasteiger partial charge is 0.250 e. The molecule has 0 aliphatic heterocycles. The van der Waals surface area contributed by atoms with Gasteiger partial charge in [0.05, 0.1) is 10.6 Å². The number of aryl methyl sites for hydroxylation is 3. The number of nitrogens with one attached hydrogen (secondary N) is 1. The maximum absolute atomic E-state index is 11.3. The highest BCUT2D eigenvalue weighted by molar-refractivity contribution is 6.33. The van der Waals surface area contributed by atoms with E-state index in [1.807, 2.05) is 6.07 Å². The first-order valence-electron chi connectivity index (χ1n) is 6.78. The Kier molecular flexibility index (Phi) is 4.53. The van der Waals surface area contributed by atoms with Crippen molar-refractivity contribution < 1.29 is 4.79 Å². The number of anilines is 1. The predicted molar refractivity (Wildman–Crippen MR) is 87.9 cm³/mol. The SMILES string of the molecule is Cc1cc(C)c(CNc2ccc(Cl)c(C(N)=O)c2)cc1C. The first-order valence-corrected chi connectivity index (χ1v) is 7.16. The average Bonchev–Trinajstić information content (AvgIpc) is 2.42. The second-order valence-electron chi connectivity index (χ2n) is 5.28. The summed E-state index contributed by atoms with van der Waals surface area (Å²) in [6.45, 7) is 7.00. The van der Waals surface area contributed by atoms with Gasteiger partial charge in [0.1, 0.15) is 0 Å². The first-order chi connectivity index (χ1) is 9.88. The van der Waals surface area contributed by atoms with Gasteiger partial charge in [0.2, 0.25) is 5.91 Å². The molecule has 2 aromatic carbocycles. The molecule has 2 aromatic rings. The van der Waals surface area contributed by atoms with E-state index in [9.17, 15) is 4.79 Å². The van der Waals surface area contributed by atoms with Crippen LogP contribution in [0.5, 0.6) is 0 Å². The molecule has 0 fully saturated rings. The fourth-order valence-corrected chi connectivity index (χ4v) is 2.44. The summed E-state index contributed by atoms with van der Waals surface area (Å²) in [5.41, 5.74) is 11.5. The quantitative estimate of drug-likeness (QED) is 0.897. The van der Waals surface area contributed by atoms with Crippen molar-refractivity contribution in [1.29, 1.82) is 0 Å². The molecule has 21 heavy (non-hydrogen) atoms. The van der Waals surface area contributed by atoms with Gasteiger partial charge in [-0.05, 0) is 61.2 Å². The van der Waals surface area contributed by atoms with Crippen LogP contribution in [-0.2, 0) is 6.54 Å². The Balaban J connectivity index is 2.19. The maximum atomic E-state index is 11.3. The number of carbonyl (C=O) groups excluding carboxylic acids is 1.